The number of nitrogens with zero attached hydrogens (tertiary/aromatic N) is 9. The predicted octanol–water partition coefficient (Wildman–Crippen LogP) is 32.8. The lowest BCUT2D eigenvalue weighted by molar-refractivity contribution is 0.660. The van der Waals surface area contributed by atoms with Crippen molar-refractivity contribution in [2.45, 2.75) is 64.7 Å². The third-order valence-electron chi connectivity index (χ3n) is 28.0. The third-order valence-corrected chi connectivity index (χ3v) is 29.2. The van der Waals surface area contributed by atoms with Crippen LogP contribution in [-0.4, -0.2) is 44.9 Å². The van der Waals surface area contributed by atoms with Gasteiger partial charge in [-0.3, -0.25) is 0 Å². The summed E-state index contributed by atoms with van der Waals surface area (Å²) in [4.78, 5) is 45.0. The average molecular weight is 1790 g/mol. The van der Waals surface area contributed by atoms with Crippen molar-refractivity contribution in [1.29, 1.82) is 0 Å². The second-order valence-electron chi connectivity index (χ2n) is 37.5. The molecule has 0 atom stereocenters. The molecule has 0 amide bonds. The molecule has 10 nitrogen and oxygen atoms in total. The zero-order valence-electron chi connectivity index (χ0n) is 77.3. The maximum atomic E-state index is 6.09. The Kier molecular flexibility index (Phi) is 20.8. The minimum atomic E-state index is -0.0667. The van der Waals surface area contributed by atoms with Crippen molar-refractivity contribution >= 4 is 53.4 Å². The van der Waals surface area contributed by atoms with E-state index in [1.165, 1.54) is 115 Å². The van der Waals surface area contributed by atoms with E-state index in [9.17, 15) is 0 Å². The van der Waals surface area contributed by atoms with E-state index in [-0.39, 0.29) is 16.2 Å². The Hall–Kier alpha value is -17.0. The van der Waals surface area contributed by atoms with Crippen LogP contribution in [0.5, 0.6) is 0 Å². The summed E-state index contributed by atoms with van der Waals surface area (Å²) in [7, 11) is 0. The Bertz CT molecular complexity index is 8590. The normalized spacial score (nSPS) is 13.1. The number of furan rings is 1. The van der Waals surface area contributed by atoms with Gasteiger partial charge in [-0.2, -0.15) is 0 Å². The van der Waals surface area contributed by atoms with Gasteiger partial charge in [0.25, 0.3) is 0 Å². The monoisotopic (exact) mass is 1790 g/mol. The minimum Gasteiger partial charge on any atom is -0.456 e. The number of hydrogen-bond donors (Lipinski definition) is 0. The van der Waals surface area contributed by atoms with Crippen molar-refractivity contribution in [2.24, 2.45) is 0 Å². The highest BCUT2D eigenvalue weighted by atomic mass is 32.1. The van der Waals surface area contributed by atoms with Gasteiger partial charge in [0.2, 0.25) is 0 Å². The van der Waals surface area contributed by atoms with E-state index in [0.717, 1.165) is 94.3 Å². The first-order valence-electron chi connectivity index (χ1n) is 47.0. The van der Waals surface area contributed by atoms with Crippen LogP contribution in [0.4, 0.5) is 0 Å². The number of para-hydroxylation sites is 1. The van der Waals surface area contributed by atoms with Crippen LogP contribution in [-0.2, 0) is 16.2 Å². The summed E-state index contributed by atoms with van der Waals surface area (Å²) in [6.07, 6.45) is 0. The summed E-state index contributed by atoms with van der Waals surface area (Å²) >= 11 is 1.85. The highest BCUT2D eigenvalue weighted by Crippen LogP contribution is 2.54. The smallest absolute Gasteiger partial charge is 0.164 e. The van der Waals surface area contributed by atoms with Crippen LogP contribution >= 0.6 is 11.3 Å². The van der Waals surface area contributed by atoms with E-state index < -0.39 is 0 Å². The van der Waals surface area contributed by atoms with Crippen molar-refractivity contribution in [3.05, 3.63) is 464 Å². The number of rotatable bonds is 13. The van der Waals surface area contributed by atoms with E-state index in [1.54, 1.807) is 0 Å². The zero-order valence-corrected chi connectivity index (χ0v) is 78.1. The fraction of sp³-hybridized carbons (Fsp3) is 0.0787. The highest BCUT2D eigenvalue weighted by molar-refractivity contribution is 7.26. The van der Waals surface area contributed by atoms with Gasteiger partial charge in [0.05, 0.1) is 0 Å². The molecule has 0 saturated heterocycles. The van der Waals surface area contributed by atoms with Gasteiger partial charge < -0.3 is 4.42 Å². The Balaban J connectivity index is 0.000000114. The van der Waals surface area contributed by atoms with Crippen LogP contribution in [0, 0.1) is 6.92 Å². The van der Waals surface area contributed by atoms with E-state index in [4.69, 9.17) is 49.3 Å². The summed E-state index contributed by atoms with van der Waals surface area (Å²) in [6, 6.07) is 149. The largest absolute Gasteiger partial charge is 0.456 e. The Morgan fingerprint density at radius 1 is 0.181 bits per heavy atom. The molecule has 0 spiro atoms. The molecule has 3 aliphatic carbocycles. The number of benzene rings is 18. The zero-order chi connectivity index (χ0) is 92.9. The van der Waals surface area contributed by atoms with Gasteiger partial charge in [0.1, 0.15) is 11.2 Å². The van der Waals surface area contributed by atoms with Crippen LogP contribution in [0.1, 0.15) is 80.5 Å². The molecular formula is C127H91N9OS. The van der Waals surface area contributed by atoms with Gasteiger partial charge in [-0.15, -0.1) is 11.3 Å². The summed E-state index contributed by atoms with van der Waals surface area (Å²) in [6.45, 7) is 16.0. The Morgan fingerprint density at radius 3 is 0.906 bits per heavy atom. The molecule has 11 heteroatoms. The lowest BCUT2D eigenvalue weighted by Gasteiger charge is -2.22. The predicted molar refractivity (Wildman–Crippen MR) is 568 cm³/mol. The summed E-state index contributed by atoms with van der Waals surface area (Å²) in [5.74, 6) is 5.88. The van der Waals surface area contributed by atoms with Crippen molar-refractivity contribution in [3.8, 4) is 180 Å². The fourth-order valence-electron chi connectivity index (χ4n) is 20.7. The molecule has 26 rings (SSSR count). The van der Waals surface area contributed by atoms with E-state index in [1.807, 2.05) is 133 Å². The first kappa shape index (κ1) is 84.0. The van der Waals surface area contributed by atoms with Crippen molar-refractivity contribution < 1.29 is 4.42 Å². The summed E-state index contributed by atoms with van der Waals surface area (Å²) in [5, 5.41) is 4.73. The van der Waals surface area contributed by atoms with Gasteiger partial charge in [-0.1, -0.05) is 399 Å². The molecule has 0 radical (unpaired) electrons. The molecule has 0 saturated carbocycles. The van der Waals surface area contributed by atoms with Crippen LogP contribution in [0.3, 0.4) is 0 Å². The first-order chi connectivity index (χ1) is 67.5. The van der Waals surface area contributed by atoms with Crippen molar-refractivity contribution in [2.75, 3.05) is 0 Å². The van der Waals surface area contributed by atoms with Crippen LogP contribution in [0.15, 0.2) is 429 Å². The first-order valence-corrected chi connectivity index (χ1v) is 47.8. The number of thiophene rings is 1. The standard InChI is InChI=1S/C51H39N3.C42H29N3O.C34H23N3S/c1-50(2)43-22-10-8-20-39(43)41-26-24-35(30-45(41)50)33-16-12-18-37(28-33)48-52-47(32-14-6-5-7-15-32)53-49(54-48)38-19-13-17-34(29-38)36-25-27-42-40-21-9-11-23-44(40)51(3,4)46(42)31-36;1-42(2)35-17-8-6-15-31(35)32-21-19-28(25-36(32)42)27-13-10-14-29(23-27)40-43-39(26-11-4-3-5-12-26)44-41(45-40)30-20-22-38-34(24-30)33-16-7-9-18-37(33)46-38;1-22-10-5-6-13-26(22)34-36-32(24-11-3-2-4-12-24)35-33(37-34)25-20-18-23(19-21-25)27-15-9-16-29-28-14-7-8-17-30(28)38-31(27)29/h5-31H,1-4H3;3-25H,1-2H3;2-21H,1H3. The van der Waals surface area contributed by atoms with E-state index >= 15 is 0 Å². The highest BCUT2D eigenvalue weighted by Gasteiger charge is 2.39. The van der Waals surface area contributed by atoms with Gasteiger partial charge in [0.15, 0.2) is 52.4 Å². The summed E-state index contributed by atoms with van der Waals surface area (Å²) in [5.41, 5.74) is 36.8. The molecule has 23 aromatic rings. The maximum Gasteiger partial charge on any atom is 0.164 e. The number of fused-ring (bicyclic) bond motifs is 15. The topological polar surface area (TPSA) is 129 Å². The van der Waals surface area contributed by atoms with Gasteiger partial charge in [-0.25, -0.2) is 44.9 Å². The SMILES string of the molecule is CC1(C)c2ccccc2-c2ccc(-c3cccc(-c4nc(-c5ccccc5)nc(-c5ccc6oc7ccccc7c6c5)n4)c3)cc21.CC1(C)c2ccccc2-c2ccc(-c3cccc(-c4nc(-c5ccccc5)nc(-c5cccc(-c6ccc7c(c6)C(C)(C)c6ccccc6-7)c5)n4)c3)cc21.Cc1ccccc1-c1nc(-c2ccccc2)nc(-c2ccc(-c3cccc4c3sc3ccccc34)cc2)n1. The average Bonchev–Trinajstić information content (AvgIpc) is 1.58. The second-order valence-corrected chi connectivity index (χ2v) is 38.6. The minimum absolute atomic E-state index is 0.0609. The van der Waals surface area contributed by atoms with Gasteiger partial charge >= 0.3 is 0 Å². The third kappa shape index (κ3) is 15.1. The lowest BCUT2D eigenvalue weighted by Crippen LogP contribution is -2.14. The number of hydrogen-bond acceptors (Lipinski definition) is 11. The lowest BCUT2D eigenvalue weighted by atomic mass is 9.81. The molecule has 0 aliphatic heterocycles. The molecule has 5 aromatic heterocycles. The molecule has 0 N–H and O–H groups in total. The van der Waals surface area contributed by atoms with Gasteiger partial charge in [0, 0.05) is 97.3 Å². The quantitative estimate of drug-likeness (QED) is 0.110. The van der Waals surface area contributed by atoms with E-state index in [2.05, 4.69) is 352 Å². The fourth-order valence-corrected chi connectivity index (χ4v) is 21.9. The van der Waals surface area contributed by atoms with Crippen molar-refractivity contribution in [1.82, 2.24) is 44.9 Å². The Labute approximate surface area is 805 Å². The molecule has 5 heterocycles. The second kappa shape index (κ2) is 34.2. The van der Waals surface area contributed by atoms with Crippen LogP contribution in [0.25, 0.3) is 222 Å². The van der Waals surface area contributed by atoms with E-state index in [0.29, 0.717) is 52.4 Å². The van der Waals surface area contributed by atoms with Crippen LogP contribution < -0.4 is 0 Å². The maximum absolute atomic E-state index is 6.09. The number of aromatic nitrogens is 9. The molecule has 138 heavy (non-hydrogen) atoms. The molecular weight excluding hydrogens is 1700 g/mol. The summed E-state index contributed by atoms with van der Waals surface area (Å²) < 4.78 is 8.72. The van der Waals surface area contributed by atoms with Gasteiger partial charge in [-0.05, 0) is 190 Å². The molecule has 0 unspecified atom stereocenters. The molecule has 0 fully saturated rings. The number of aryl methyl sites for hydroxylation is 1. The molecule has 656 valence electrons. The van der Waals surface area contributed by atoms with Crippen molar-refractivity contribution in [3.63, 3.8) is 0 Å². The van der Waals surface area contributed by atoms with Crippen LogP contribution in [0.2, 0.25) is 0 Å². The Morgan fingerprint density at radius 2 is 0.464 bits per heavy atom. The molecule has 18 aromatic carbocycles. The molecule has 3 aliphatic rings. The molecule has 0 bridgehead atoms.